The Kier molecular flexibility index (Phi) is 6.72. The van der Waals surface area contributed by atoms with E-state index in [9.17, 15) is 14.4 Å². The number of hydrogen-bond acceptors (Lipinski definition) is 5. The Morgan fingerprint density at radius 3 is 2.44 bits per heavy atom. The molecule has 4 aliphatic rings. The van der Waals surface area contributed by atoms with Gasteiger partial charge in [-0.15, -0.1) is 23.2 Å². The predicted molar refractivity (Wildman–Crippen MR) is 132 cm³/mol. The maximum absolute atomic E-state index is 13.6. The Balaban J connectivity index is 1.80. The number of esters is 2. The predicted octanol–water partition coefficient (Wildman–Crippen LogP) is 5.91. The second kappa shape index (κ2) is 8.68. The van der Waals surface area contributed by atoms with Crippen LogP contribution in [0.2, 0.25) is 0 Å². The van der Waals surface area contributed by atoms with Crippen molar-refractivity contribution in [3.63, 3.8) is 0 Å². The average Bonchev–Trinajstić information content (AvgIpc) is 3.02. The van der Waals surface area contributed by atoms with Crippen LogP contribution in [-0.2, 0) is 23.9 Å². The summed E-state index contributed by atoms with van der Waals surface area (Å²) in [6.07, 6.45) is 7.35. The third kappa shape index (κ3) is 3.51. The quantitative estimate of drug-likeness (QED) is 0.321. The lowest BCUT2D eigenvalue weighted by atomic mass is 9.46. The van der Waals surface area contributed by atoms with Gasteiger partial charge >= 0.3 is 11.9 Å². The topological polar surface area (TPSA) is 69.7 Å². The van der Waals surface area contributed by atoms with Crippen LogP contribution < -0.4 is 0 Å². The van der Waals surface area contributed by atoms with Gasteiger partial charge in [0.15, 0.2) is 5.78 Å². The first-order chi connectivity index (χ1) is 15.7. The number of carbonyl (C=O) groups excluding carboxylic acids is 3. The fourth-order valence-electron chi connectivity index (χ4n) is 7.20. The SMILES string of the molecule is CC(C)OC(=O)[C@@]1(OC(=O)C(Cl)Cl)CC[C@H]2[C@@H]3CCC4=CC(=O)C=C[C@]4(C)[C@@]3(Cl)[C@@H](Cl)C[C@@]21C. The van der Waals surface area contributed by atoms with Crippen LogP contribution in [0.15, 0.2) is 23.8 Å². The first-order valence-electron chi connectivity index (χ1n) is 11.7. The van der Waals surface area contributed by atoms with Crippen molar-refractivity contribution in [2.24, 2.45) is 22.7 Å². The molecule has 0 bridgehead atoms. The summed E-state index contributed by atoms with van der Waals surface area (Å²) in [5.41, 5.74) is -2.01. The second-order valence-electron chi connectivity index (χ2n) is 10.8. The van der Waals surface area contributed by atoms with Gasteiger partial charge in [0.1, 0.15) is 0 Å². The van der Waals surface area contributed by atoms with Gasteiger partial charge in [-0.2, -0.15) is 0 Å². The highest BCUT2D eigenvalue weighted by Crippen LogP contribution is 2.72. The normalized spacial score (nSPS) is 43.2. The van der Waals surface area contributed by atoms with Crippen LogP contribution in [0.1, 0.15) is 59.8 Å². The number of hydrogen-bond donors (Lipinski definition) is 0. The van der Waals surface area contributed by atoms with E-state index in [1.807, 2.05) is 19.9 Å². The lowest BCUT2D eigenvalue weighted by molar-refractivity contribution is -0.205. The summed E-state index contributed by atoms with van der Waals surface area (Å²) >= 11 is 26.3. The molecule has 0 aliphatic heterocycles. The third-order valence-electron chi connectivity index (χ3n) is 8.84. The van der Waals surface area contributed by atoms with Crippen molar-refractivity contribution >= 4 is 64.1 Å². The van der Waals surface area contributed by atoms with Crippen LogP contribution in [0.4, 0.5) is 0 Å². The maximum Gasteiger partial charge on any atom is 0.351 e. The van der Waals surface area contributed by atoms with E-state index < -0.39 is 49.6 Å². The molecule has 3 saturated carbocycles. The largest absolute Gasteiger partial charge is 0.460 e. The lowest BCUT2D eigenvalue weighted by Gasteiger charge is -2.63. The molecule has 3 fully saturated rings. The van der Waals surface area contributed by atoms with Gasteiger partial charge in [-0.1, -0.05) is 48.7 Å². The molecule has 0 saturated heterocycles. The van der Waals surface area contributed by atoms with Gasteiger partial charge in [-0.3, -0.25) is 4.79 Å². The van der Waals surface area contributed by atoms with Gasteiger partial charge in [0.25, 0.3) is 0 Å². The smallest absolute Gasteiger partial charge is 0.351 e. The standard InChI is InChI=1S/C25H30Cl4O5/c1-13(2)33-21(32)24(34-20(31)19(27)28)10-8-16-17-6-5-14-11-15(30)7-9-22(14,3)25(17,29)18(26)12-23(16,24)4/h7,9,11,13,16-19H,5-6,8,10,12H2,1-4H3/t16-,17-,18-,22-,23-,24-,25-/m0/s1. The third-order valence-corrected chi connectivity index (χ3v) is 10.7. The van der Waals surface area contributed by atoms with Gasteiger partial charge in [0.05, 0.1) is 16.4 Å². The van der Waals surface area contributed by atoms with E-state index in [4.69, 9.17) is 55.9 Å². The molecule has 4 aliphatic carbocycles. The zero-order valence-electron chi connectivity index (χ0n) is 19.7. The zero-order chi connectivity index (χ0) is 25.3. The van der Waals surface area contributed by atoms with E-state index in [0.29, 0.717) is 25.7 Å². The Morgan fingerprint density at radius 1 is 1.15 bits per heavy atom. The molecule has 0 N–H and O–H groups in total. The van der Waals surface area contributed by atoms with Crippen LogP contribution in [0.25, 0.3) is 0 Å². The molecule has 0 aromatic carbocycles. The molecule has 0 aromatic heterocycles. The first-order valence-corrected chi connectivity index (χ1v) is 13.4. The maximum atomic E-state index is 13.6. The van der Waals surface area contributed by atoms with Crippen molar-refractivity contribution in [1.29, 1.82) is 0 Å². The van der Waals surface area contributed by atoms with Crippen molar-refractivity contribution in [3.8, 4) is 0 Å². The molecule has 7 atom stereocenters. The fraction of sp³-hybridized carbons (Fsp3) is 0.720. The monoisotopic (exact) mass is 550 g/mol. The Morgan fingerprint density at radius 2 is 1.82 bits per heavy atom. The number of ketones is 1. The Labute approximate surface area is 220 Å². The van der Waals surface area contributed by atoms with Gasteiger partial charge in [0.2, 0.25) is 10.4 Å². The number of alkyl halides is 4. The average molecular weight is 552 g/mol. The highest BCUT2D eigenvalue weighted by Gasteiger charge is 2.75. The van der Waals surface area contributed by atoms with Crippen LogP contribution in [0.5, 0.6) is 0 Å². The number of fused-ring (bicyclic) bond motifs is 5. The highest BCUT2D eigenvalue weighted by molar-refractivity contribution is 6.53. The van der Waals surface area contributed by atoms with E-state index in [1.165, 1.54) is 0 Å². The van der Waals surface area contributed by atoms with Crippen molar-refractivity contribution in [1.82, 2.24) is 0 Å². The Hall–Kier alpha value is -0.750. The minimum atomic E-state index is -1.57. The van der Waals surface area contributed by atoms with E-state index in [-0.39, 0.29) is 24.0 Å². The van der Waals surface area contributed by atoms with Crippen LogP contribution in [0, 0.1) is 22.7 Å². The van der Waals surface area contributed by atoms with Crippen LogP contribution in [-0.4, -0.2) is 44.5 Å². The molecule has 4 rings (SSSR count). The number of halogens is 4. The van der Waals surface area contributed by atoms with Crippen molar-refractivity contribution in [3.05, 3.63) is 23.8 Å². The number of rotatable bonds is 4. The molecular weight excluding hydrogens is 522 g/mol. The lowest BCUT2D eigenvalue weighted by Crippen LogP contribution is -2.68. The summed E-state index contributed by atoms with van der Waals surface area (Å²) in [6.45, 7) is 7.47. The van der Waals surface area contributed by atoms with Gasteiger partial charge in [-0.05, 0) is 69.9 Å². The van der Waals surface area contributed by atoms with E-state index in [1.54, 1.807) is 26.0 Å². The molecule has 9 heteroatoms. The molecule has 188 valence electrons. The minimum Gasteiger partial charge on any atom is -0.460 e. The zero-order valence-corrected chi connectivity index (χ0v) is 22.7. The van der Waals surface area contributed by atoms with Crippen molar-refractivity contribution in [2.75, 3.05) is 0 Å². The van der Waals surface area contributed by atoms with Gasteiger partial charge in [-0.25, -0.2) is 9.59 Å². The second-order valence-corrected chi connectivity index (χ2v) is 13.0. The van der Waals surface area contributed by atoms with E-state index in [2.05, 4.69) is 0 Å². The van der Waals surface area contributed by atoms with Crippen LogP contribution >= 0.6 is 46.4 Å². The molecule has 34 heavy (non-hydrogen) atoms. The summed E-state index contributed by atoms with van der Waals surface area (Å²) in [6, 6.07) is 0. The minimum absolute atomic E-state index is 0.0436. The Bertz CT molecular complexity index is 976. The summed E-state index contributed by atoms with van der Waals surface area (Å²) in [7, 11) is 0. The van der Waals surface area contributed by atoms with Gasteiger partial charge in [0, 0.05) is 10.8 Å². The highest BCUT2D eigenvalue weighted by atomic mass is 35.5. The summed E-state index contributed by atoms with van der Waals surface area (Å²) in [5, 5.41) is -0.571. The van der Waals surface area contributed by atoms with E-state index in [0.717, 1.165) is 5.57 Å². The molecule has 5 nitrogen and oxygen atoms in total. The van der Waals surface area contributed by atoms with Gasteiger partial charge < -0.3 is 9.47 Å². The number of allylic oxidation sites excluding steroid dienone is 4. The molecule has 0 spiro atoms. The summed E-state index contributed by atoms with van der Waals surface area (Å²) < 4.78 is 11.5. The molecule has 0 radical (unpaired) electrons. The van der Waals surface area contributed by atoms with Crippen LogP contribution in [0.3, 0.4) is 0 Å². The molecule has 0 heterocycles. The van der Waals surface area contributed by atoms with Crippen molar-refractivity contribution in [2.45, 2.75) is 86.6 Å². The molecular formula is C25H30Cl4O5. The fourth-order valence-corrected chi connectivity index (χ4v) is 8.52. The summed E-state index contributed by atoms with van der Waals surface area (Å²) in [4.78, 5) is 35.9. The molecule has 0 amide bonds. The summed E-state index contributed by atoms with van der Waals surface area (Å²) in [5.74, 6) is -1.68. The van der Waals surface area contributed by atoms with E-state index >= 15 is 0 Å². The number of carbonyl (C=O) groups is 3. The molecule has 0 unspecified atom stereocenters. The number of ether oxygens (including phenoxy) is 2. The first kappa shape index (κ1) is 26.3. The van der Waals surface area contributed by atoms with Crippen molar-refractivity contribution < 1.29 is 23.9 Å². The molecule has 0 aromatic rings.